The average molecular weight is 322 g/mol. The maximum absolute atomic E-state index is 6.15. The summed E-state index contributed by atoms with van der Waals surface area (Å²) in [5.74, 6) is 1.53. The molecule has 0 aliphatic heterocycles. The Labute approximate surface area is 135 Å². The lowest BCUT2D eigenvalue weighted by Crippen LogP contribution is -2.18. The van der Waals surface area contributed by atoms with Crippen LogP contribution in [0.15, 0.2) is 35.7 Å². The fourth-order valence-electron chi connectivity index (χ4n) is 3.14. The lowest BCUT2D eigenvalue weighted by atomic mass is 9.96. The Hall–Kier alpha value is -1.19. The van der Waals surface area contributed by atoms with E-state index in [0.717, 1.165) is 16.5 Å². The van der Waals surface area contributed by atoms with Crippen molar-refractivity contribution in [1.29, 1.82) is 0 Å². The smallest absolute Gasteiger partial charge is 0.142 e. The van der Waals surface area contributed by atoms with Gasteiger partial charge >= 0.3 is 0 Å². The third-order valence-electron chi connectivity index (χ3n) is 4.19. The fraction of sp³-hybridized carbons (Fsp3) is 0.412. The van der Waals surface area contributed by atoms with E-state index >= 15 is 0 Å². The van der Waals surface area contributed by atoms with E-state index in [0.29, 0.717) is 12.0 Å². The van der Waals surface area contributed by atoms with E-state index in [1.54, 1.807) is 7.11 Å². The molecule has 0 saturated heterocycles. The van der Waals surface area contributed by atoms with Crippen molar-refractivity contribution in [2.75, 3.05) is 12.4 Å². The summed E-state index contributed by atoms with van der Waals surface area (Å²) in [7, 11) is 1.70. The highest BCUT2D eigenvalue weighted by Crippen LogP contribution is 2.41. The standard InChI is InChI=1S/C17H20ClNOS/c1-20-15-9-8-13(18)11-14(15)19-17(12-5-2-3-6-12)16-7-4-10-21-16/h4,7-12,17,19H,2-3,5-6H2,1H3. The molecule has 0 amide bonds. The third kappa shape index (κ3) is 3.35. The monoisotopic (exact) mass is 321 g/mol. The number of anilines is 1. The molecule has 3 rings (SSSR count). The van der Waals surface area contributed by atoms with Crippen LogP contribution >= 0.6 is 22.9 Å². The van der Waals surface area contributed by atoms with Crippen molar-refractivity contribution in [3.05, 3.63) is 45.6 Å². The first-order valence-corrected chi connectivity index (χ1v) is 8.67. The zero-order valence-corrected chi connectivity index (χ0v) is 13.7. The Morgan fingerprint density at radius 3 is 2.76 bits per heavy atom. The average Bonchev–Trinajstić information content (AvgIpc) is 3.18. The van der Waals surface area contributed by atoms with Crippen LogP contribution < -0.4 is 10.1 Å². The highest BCUT2D eigenvalue weighted by atomic mass is 35.5. The summed E-state index contributed by atoms with van der Waals surface area (Å²) < 4.78 is 5.46. The highest BCUT2D eigenvalue weighted by molar-refractivity contribution is 7.10. The molecule has 112 valence electrons. The molecule has 4 heteroatoms. The number of hydrogen-bond acceptors (Lipinski definition) is 3. The summed E-state index contributed by atoms with van der Waals surface area (Å²) in [5, 5.41) is 6.56. The first kappa shape index (κ1) is 14.7. The Bertz CT molecular complexity index is 578. The van der Waals surface area contributed by atoms with Crippen LogP contribution in [0.3, 0.4) is 0 Å². The predicted molar refractivity (Wildman–Crippen MR) is 90.6 cm³/mol. The van der Waals surface area contributed by atoms with Crippen molar-refractivity contribution >= 4 is 28.6 Å². The lowest BCUT2D eigenvalue weighted by Gasteiger charge is -2.26. The van der Waals surface area contributed by atoms with Crippen LogP contribution in [-0.4, -0.2) is 7.11 Å². The minimum Gasteiger partial charge on any atom is -0.495 e. The zero-order chi connectivity index (χ0) is 14.7. The SMILES string of the molecule is COc1ccc(Cl)cc1NC(c1cccs1)C1CCCC1. The molecule has 1 N–H and O–H groups in total. The second kappa shape index (κ2) is 6.71. The van der Waals surface area contributed by atoms with Crippen LogP contribution in [-0.2, 0) is 0 Å². The maximum Gasteiger partial charge on any atom is 0.142 e. The summed E-state index contributed by atoms with van der Waals surface area (Å²) >= 11 is 7.97. The maximum atomic E-state index is 6.15. The quantitative estimate of drug-likeness (QED) is 0.756. The molecule has 1 heterocycles. The number of hydrogen-bond donors (Lipinski definition) is 1. The topological polar surface area (TPSA) is 21.3 Å². The molecule has 1 unspecified atom stereocenters. The molecule has 1 saturated carbocycles. The first-order valence-electron chi connectivity index (χ1n) is 7.41. The van der Waals surface area contributed by atoms with Crippen molar-refractivity contribution in [2.24, 2.45) is 5.92 Å². The zero-order valence-electron chi connectivity index (χ0n) is 12.1. The summed E-state index contributed by atoms with van der Waals surface area (Å²) in [6.07, 6.45) is 5.25. The minimum absolute atomic E-state index is 0.347. The summed E-state index contributed by atoms with van der Waals surface area (Å²) in [6.45, 7) is 0. The number of ether oxygens (including phenoxy) is 1. The van der Waals surface area contributed by atoms with Crippen molar-refractivity contribution in [3.63, 3.8) is 0 Å². The van der Waals surface area contributed by atoms with Crippen molar-refractivity contribution in [3.8, 4) is 5.75 Å². The first-order chi connectivity index (χ1) is 10.3. The number of benzene rings is 1. The second-order valence-electron chi connectivity index (χ2n) is 5.53. The van der Waals surface area contributed by atoms with Gasteiger partial charge in [0.25, 0.3) is 0 Å². The predicted octanol–water partition coefficient (Wildman–Crippen LogP) is 5.75. The van der Waals surface area contributed by atoms with Crippen LogP contribution in [0, 0.1) is 5.92 Å². The van der Waals surface area contributed by atoms with Crippen molar-refractivity contribution in [2.45, 2.75) is 31.7 Å². The molecular weight excluding hydrogens is 302 g/mol. The molecule has 1 aromatic heterocycles. The molecule has 1 fully saturated rings. The summed E-state index contributed by atoms with van der Waals surface area (Å²) in [5.41, 5.74) is 0.982. The molecular formula is C17H20ClNOS. The molecule has 2 aromatic rings. The van der Waals surface area contributed by atoms with Gasteiger partial charge in [-0.3, -0.25) is 0 Å². The van der Waals surface area contributed by atoms with E-state index in [2.05, 4.69) is 22.8 Å². The van der Waals surface area contributed by atoms with Gasteiger partial charge in [0.1, 0.15) is 5.75 Å². The molecule has 1 aliphatic rings. The van der Waals surface area contributed by atoms with Crippen LogP contribution in [0.2, 0.25) is 5.02 Å². The molecule has 2 nitrogen and oxygen atoms in total. The molecule has 0 radical (unpaired) electrons. The van der Waals surface area contributed by atoms with E-state index in [4.69, 9.17) is 16.3 Å². The van der Waals surface area contributed by atoms with Gasteiger partial charge in [0.2, 0.25) is 0 Å². The number of halogens is 1. The van der Waals surface area contributed by atoms with Crippen LogP contribution in [0.1, 0.15) is 36.6 Å². The fourth-order valence-corrected chi connectivity index (χ4v) is 4.18. The van der Waals surface area contributed by atoms with Crippen LogP contribution in [0.25, 0.3) is 0 Å². The summed E-state index contributed by atoms with van der Waals surface area (Å²) in [4.78, 5) is 1.39. The van der Waals surface area contributed by atoms with Gasteiger partial charge in [-0.05, 0) is 48.4 Å². The van der Waals surface area contributed by atoms with Crippen molar-refractivity contribution in [1.82, 2.24) is 0 Å². The van der Waals surface area contributed by atoms with E-state index in [-0.39, 0.29) is 0 Å². The van der Waals surface area contributed by atoms with Gasteiger partial charge in [-0.2, -0.15) is 0 Å². The van der Waals surface area contributed by atoms with Gasteiger partial charge in [0, 0.05) is 9.90 Å². The Balaban J connectivity index is 1.89. The number of thiophene rings is 1. The third-order valence-corrected chi connectivity index (χ3v) is 5.38. The van der Waals surface area contributed by atoms with Gasteiger partial charge in [-0.15, -0.1) is 11.3 Å². The second-order valence-corrected chi connectivity index (χ2v) is 6.94. The van der Waals surface area contributed by atoms with E-state index in [9.17, 15) is 0 Å². The number of rotatable bonds is 5. The molecule has 1 atom stereocenters. The van der Waals surface area contributed by atoms with Crippen LogP contribution in [0.5, 0.6) is 5.75 Å². The van der Waals surface area contributed by atoms with Gasteiger partial charge in [-0.25, -0.2) is 0 Å². The Morgan fingerprint density at radius 2 is 2.10 bits per heavy atom. The van der Waals surface area contributed by atoms with Gasteiger partial charge in [-0.1, -0.05) is 30.5 Å². The van der Waals surface area contributed by atoms with Gasteiger partial charge in [0.15, 0.2) is 0 Å². The van der Waals surface area contributed by atoms with Crippen LogP contribution in [0.4, 0.5) is 5.69 Å². The van der Waals surface area contributed by atoms with E-state index in [1.807, 2.05) is 29.5 Å². The lowest BCUT2D eigenvalue weighted by molar-refractivity contribution is 0.413. The molecule has 0 bridgehead atoms. The van der Waals surface area contributed by atoms with Gasteiger partial charge < -0.3 is 10.1 Å². The van der Waals surface area contributed by atoms with Crippen molar-refractivity contribution < 1.29 is 4.74 Å². The number of nitrogens with one attached hydrogen (secondary N) is 1. The highest BCUT2D eigenvalue weighted by Gasteiger charge is 2.27. The van der Waals surface area contributed by atoms with E-state index in [1.165, 1.54) is 30.6 Å². The molecule has 1 aromatic carbocycles. The molecule has 1 aliphatic carbocycles. The van der Waals surface area contributed by atoms with E-state index < -0.39 is 0 Å². The van der Waals surface area contributed by atoms with Gasteiger partial charge in [0.05, 0.1) is 18.8 Å². The Kier molecular flexibility index (Phi) is 4.71. The summed E-state index contributed by atoms with van der Waals surface area (Å²) in [6, 6.07) is 10.4. The Morgan fingerprint density at radius 1 is 1.29 bits per heavy atom. The minimum atomic E-state index is 0.347. The molecule has 21 heavy (non-hydrogen) atoms. The molecule has 0 spiro atoms. The normalized spacial score (nSPS) is 16.9. The number of methoxy groups -OCH3 is 1. The largest absolute Gasteiger partial charge is 0.495 e.